The molecule has 0 amide bonds. The molecule has 0 radical (unpaired) electrons. The van der Waals surface area contributed by atoms with E-state index in [9.17, 15) is 0 Å². The number of piperazine rings is 1. The van der Waals surface area contributed by atoms with Gasteiger partial charge in [0.15, 0.2) is 0 Å². The summed E-state index contributed by atoms with van der Waals surface area (Å²) < 4.78 is 5.61. The highest BCUT2D eigenvalue weighted by Crippen LogP contribution is 2.33. The first-order valence-corrected chi connectivity index (χ1v) is 8.01. The molecule has 0 aliphatic carbocycles. The van der Waals surface area contributed by atoms with Crippen molar-refractivity contribution < 1.29 is 4.74 Å². The number of hydrogen-bond acceptors (Lipinski definition) is 4. The van der Waals surface area contributed by atoms with Gasteiger partial charge in [0.05, 0.1) is 6.61 Å². The molecule has 0 aromatic rings. The second kappa shape index (κ2) is 5.68. The average Bonchev–Trinajstić information content (AvgIpc) is 3.00. The van der Waals surface area contributed by atoms with Crippen molar-refractivity contribution >= 4 is 0 Å². The fourth-order valence-corrected chi connectivity index (χ4v) is 4.20. The van der Waals surface area contributed by atoms with Crippen LogP contribution in [0.1, 0.15) is 32.6 Å². The second-order valence-corrected chi connectivity index (χ2v) is 6.75. The molecule has 3 aliphatic heterocycles. The van der Waals surface area contributed by atoms with E-state index >= 15 is 0 Å². The molecule has 0 bridgehead atoms. The summed E-state index contributed by atoms with van der Waals surface area (Å²) in [6.45, 7) is 9.88. The third kappa shape index (κ3) is 2.56. The minimum atomic E-state index is 0.139. The van der Waals surface area contributed by atoms with Gasteiger partial charge < -0.3 is 10.5 Å². The molecule has 0 aromatic carbocycles. The predicted octanol–water partition coefficient (Wildman–Crippen LogP) is 0.910. The van der Waals surface area contributed by atoms with E-state index in [0.717, 1.165) is 25.8 Å². The van der Waals surface area contributed by atoms with Crippen LogP contribution >= 0.6 is 0 Å². The van der Waals surface area contributed by atoms with Gasteiger partial charge in [0.1, 0.15) is 0 Å². The van der Waals surface area contributed by atoms with Crippen LogP contribution in [0.5, 0.6) is 0 Å². The lowest BCUT2D eigenvalue weighted by Crippen LogP contribution is -2.65. The summed E-state index contributed by atoms with van der Waals surface area (Å²) in [5, 5.41) is 0. The van der Waals surface area contributed by atoms with Crippen molar-refractivity contribution in [1.29, 1.82) is 0 Å². The highest BCUT2D eigenvalue weighted by atomic mass is 16.5. The zero-order chi connectivity index (χ0) is 13.3. The Labute approximate surface area is 117 Å². The molecule has 3 saturated heterocycles. The molecule has 4 nitrogen and oxygen atoms in total. The number of piperidine rings is 1. The fourth-order valence-electron chi connectivity index (χ4n) is 4.20. The van der Waals surface area contributed by atoms with Crippen LogP contribution in [0.25, 0.3) is 0 Å². The van der Waals surface area contributed by atoms with E-state index in [1.807, 2.05) is 0 Å². The molecule has 0 spiro atoms. The Kier molecular flexibility index (Phi) is 4.13. The minimum absolute atomic E-state index is 0.139. The lowest BCUT2D eigenvalue weighted by molar-refractivity contribution is -0.0297. The molecule has 3 aliphatic rings. The number of rotatable bonds is 3. The largest absolute Gasteiger partial charge is 0.381 e. The maximum Gasteiger partial charge on any atom is 0.0513 e. The summed E-state index contributed by atoms with van der Waals surface area (Å²) in [6, 6.07) is 0.774. The molecule has 0 aromatic heterocycles. The van der Waals surface area contributed by atoms with Crippen molar-refractivity contribution in [3.8, 4) is 0 Å². The van der Waals surface area contributed by atoms with Crippen LogP contribution in [0.3, 0.4) is 0 Å². The molecule has 2 N–H and O–H groups in total. The van der Waals surface area contributed by atoms with Gasteiger partial charge in [0.2, 0.25) is 0 Å². The number of ether oxygens (including phenoxy) is 1. The molecule has 3 rings (SSSR count). The summed E-state index contributed by atoms with van der Waals surface area (Å²) in [6.07, 6.45) is 5.35. The fraction of sp³-hybridized carbons (Fsp3) is 1.00. The summed E-state index contributed by atoms with van der Waals surface area (Å²) in [5.74, 6) is 0.618. The minimum Gasteiger partial charge on any atom is -0.381 e. The molecular weight excluding hydrogens is 238 g/mol. The first-order chi connectivity index (χ1) is 9.24. The van der Waals surface area contributed by atoms with Crippen molar-refractivity contribution in [3.05, 3.63) is 0 Å². The van der Waals surface area contributed by atoms with E-state index in [0.29, 0.717) is 5.92 Å². The van der Waals surface area contributed by atoms with Crippen LogP contribution < -0.4 is 5.73 Å². The van der Waals surface area contributed by atoms with E-state index in [-0.39, 0.29) is 5.54 Å². The van der Waals surface area contributed by atoms with E-state index in [4.69, 9.17) is 10.5 Å². The van der Waals surface area contributed by atoms with Gasteiger partial charge in [0, 0.05) is 50.3 Å². The Balaban J connectivity index is 1.69. The van der Waals surface area contributed by atoms with E-state index in [1.165, 1.54) is 51.9 Å². The maximum absolute atomic E-state index is 6.17. The molecule has 4 heteroatoms. The van der Waals surface area contributed by atoms with Crippen LogP contribution in [-0.4, -0.2) is 67.3 Å². The second-order valence-electron chi connectivity index (χ2n) is 6.75. The van der Waals surface area contributed by atoms with Crippen LogP contribution in [0, 0.1) is 5.92 Å². The first-order valence-electron chi connectivity index (χ1n) is 8.01. The van der Waals surface area contributed by atoms with E-state index in [2.05, 4.69) is 16.7 Å². The highest BCUT2D eigenvalue weighted by molar-refractivity contribution is 4.99. The highest BCUT2D eigenvalue weighted by Gasteiger charge is 2.43. The van der Waals surface area contributed by atoms with Gasteiger partial charge in [-0.2, -0.15) is 0 Å². The van der Waals surface area contributed by atoms with Crippen LogP contribution in [0.15, 0.2) is 0 Å². The molecule has 0 saturated carbocycles. The van der Waals surface area contributed by atoms with Crippen molar-refractivity contribution in [2.75, 3.05) is 45.9 Å². The summed E-state index contributed by atoms with van der Waals surface area (Å²) >= 11 is 0. The van der Waals surface area contributed by atoms with Gasteiger partial charge in [-0.05, 0) is 32.7 Å². The van der Waals surface area contributed by atoms with Crippen LogP contribution in [0.4, 0.5) is 0 Å². The number of nitrogens with two attached hydrogens (primary N) is 1. The smallest absolute Gasteiger partial charge is 0.0513 e. The lowest BCUT2D eigenvalue weighted by atomic mass is 9.82. The molecular formula is C15H29N3O. The van der Waals surface area contributed by atoms with Gasteiger partial charge in [0.25, 0.3) is 0 Å². The van der Waals surface area contributed by atoms with Gasteiger partial charge >= 0.3 is 0 Å². The van der Waals surface area contributed by atoms with Crippen molar-refractivity contribution in [2.24, 2.45) is 11.7 Å². The number of hydrogen-bond donors (Lipinski definition) is 1. The van der Waals surface area contributed by atoms with Crippen molar-refractivity contribution in [1.82, 2.24) is 9.80 Å². The molecule has 3 atom stereocenters. The topological polar surface area (TPSA) is 41.7 Å². The first kappa shape index (κ1) is 13.8. The van der Waals surface area contributed by atoms with Crippen molar-refractivity contribution in [2.45, 2.75) is 44.2 Å². The molecule has 19 heavy (non-hydrogen) atoms. The average molecular weight is 267 g/mol. The quantitative estimate of drug-likeness (QED) is 0.825. The summed E-state index contributed by atoms with van der Waals surface area (Å²) in [7, 11) is 0. The van der Waals surface area contributed by atoms with Crippen molar-refractivity contribution in [3.63, 3.8) is 0 Å². The Morgan fingerprint density at radius 3 is 2.84 bits per heavy atom. The van der Waals surface area contributed by atoms with E-state index < -0.39 is 0 Å². The Morgan fingerprint density at radius 2 is 2.11 bits per heavy atom. The Morgan fingerprint density at radius 1 is 1.21 bits per heavy atom. The number of fused-ring (bicyclic) bond motifs is 1. The molecule has 3 heterocycles. The lowest BCUT2D eigenvalue weighted by Gasteiger charge is -2.52. The normalized spacial score (nSPS) is 36.9. The predicted molar refractivity (Wildman–Crippen MR) is 77.2 cm³/mol. The van der Waals surface area contributed by atoms with Crippen LogP contribution in [0.2, 0.25) is 0 Å². The van der Waals surface area contributed by atoms with Gasteiger partial charge in [-0.25, -0.2) is 0 Å². The monoisotopic (exact) mass is 267 g/mol. The van der Waals surface area contributed by atoms with Gasteiger partial charge in [-0.15, -0.1) is 0 Å². The molecule has 3 fully saturated rings. The zero-order valence-electron chi connectivity index (χ0n) is 12.3. The summed E-state index contributed by atoms with van der Waals surface area (Å²) in [4.78, 5) is 5.38. The van der Waals surface area contributed by atoms with Gasteiger partial charge in [-0.1, -0.05) is 6.42 Å². The summed E-state index contributed by atoms with van der Waals surface area (Å²) in [5.41, 5.74) is 6.31. The zero-order valence-corrected chi connectivity index (χ0v) is 12.3. The maximum atomic E-state index is 6.17. The Bertz CT molecular complexity index is 306. The van der Waals surface area contributed by atoms with Crippen LogP contribution in [-0.2, 0) is 4.74 Å². The van der Waals surface area contributed by atoms with E-state index in [1.54, 1.807) is 0 Å². The SMILES string of the molecule is CC(CN)(C1CCOC1)N1CCN2CCCCC2C1. The number of nitrogens with zero attached hydrogens (tertiary/aromatic N) is 2. The Hall–Kier alpha value is -0.160. The van der Waals surface area contributed by atoms with Gasteiger partial charge in [-0.3, -0.25) is 9.80 Å². The third-order valence-electron chi connectivity index (χ3n) is 5.78. The third-order valence-corrected chi connectivity index (χ3v) is 5.78. The molecule has 3 unspecified atom stereocenters. The molecule has 110 valence electrons. The standard InChI is InChI=1S/C15H29N3O/c1-15(12-16,13-5-9-19-11-13)18-8-7-17-6-3-2-4-14(17)10-18/h13-14H,2-12,16H2,1H3.